The Morgan fingerprint density at radius 2 is 1.36 bits per heavy atom. The molecule has 0 aliphatic rings. The summed E-state index contributed by atoms with van der Waals surface area (Å²) < 4.78 is 73.8. The van der Waals surface area contributed by atoms with E-state index in [0.29, 0.717) is 0 Å². The van der Waals surface area contributed by atoms with Crippen molar-refractivity contribution in [1.82, 2.24) is 0 Å². The molecule has 0 bridgehead atoms. The van der Waals surface area contributed by atoms with Gasteiger partial charge in [0.1, 0.15) is 0 Å². The van der Waals surface area contributed by atoms with Crippen LogP contribution in [0.3, 0.4) is 0 Å². The summed E-state index contributed by atoms with van der Waals surface area (Å²) in [5.74, 6) is 0. The normalized spacial score (nSPS) is 15.5. The van der Waals surface area contributed by atoms with Crippen LogP contribution in [0.4, 0.5) is 22.0 Å². The van der Waals surface area contributed by atoms with Crippen LogP contribution in [-0.2, 0) is 11.1 Å². The quantitative estimate of drug-likeness (QED) is 0.273. The van der Waals surface area contributed by atoms with Crippen LogP contribution in [-0.4, -0.2) is 20.2 Å². The van der Waals surface area contributed by atoms with Gasteiger partial charge in [-0.05, 0) is 0 Å². The van der Waals surface area contributed by atoms with Crippen molar-refractivity contribution >= 4 is 11.1 Å². The molecule has 62 valence electrons. The first kappa shape index (κ1) is 13.9. The summed E-state index contributed by atoms with van der Waals surface area (Å²) >= 11 is -4.45. The standard InChI is InChI=1S/C2HF5O2S.Li/c3-1(4,5)2(6,7)10(8)9;/h(H,8,9);/q;+1/p-1. The second-order valence-electron chi connectivity index (χ2n) is 1.25. The van der Waals surface area contributed by atoms with Gasteiger partial charge in [-0.15, -0.1) is 0 Å². The summed E-state index contributed by atoms with van der Waals surface area (Å²) in [6.45, 7) is 0. The second kappa shape index (κ2) is 3.85. The van der Waals surface area contributed by atoms with E-state index in [-0.39, 0.29) is 18.9 Å². The van der Waals surface area contributed by atoms with E-state index in [4.69, 9.17) is 0 Å². The molecular formula is C2F5LiO2S. The van der Waals surface area contributed by atoms with Gasteiger partial charge in [0.2, 0.25) is 0 Å². The van der Waals surface area contributed by atoms with Crippen molar-refractivity contribution in [3.63, 3.8) is 0 Å². The molecule has 2 nitrogen and oxygen atoms in total. The molecule has 0 fully saturated rings. The Kier molecular flexibility index (Phi) is 4.86. The van der Waals surface area contributed by atoms with Crippen LogP contribution < -0.4 is 18.9 Å². The van der Waals surface area contributed by atoms with Gasteiger partial charge < -0.3 is 4.55 Å². The fraction of sp³-hybridized carbons (Fsp3) is 1.00. The summed E-state index contributed by atoms with van der Waals surface area (Å²) in [4.78, 5) is 0. The number of halogens is 5. The maximum absolute atomic E-state index is 11.3. The van der Waals surface area contributed by atoms with Crippen LogP contribution >= 0.6 is 0 Å². The van der Waals surface area contributed by atoms with E-state index in [1.165, 1.54) is 0 Å². The SMILES string of the molecule is O=S([O-])C(F)(F)C(F)(F)F.[Li+]. The monoisotopic (exact) mass is 190 g/mol. The smallest absolute Gasteiger partial charge is 0.768 e. The minimum atomic E-state index is -6.03. The minimum Gasteiger partial charge on any atom is -0.768 e. The molecule has 0 aromatic rings. The first-order chi connectivity index (χ1) is 4.19. The van der Waals surface area contributed by atoms with Gasteiger partial charge in [0.15, 0.2) is 0 Å². The van der Waals surface area contributed by atoms with Crippen LogP contribution in [0.1, 0.15) is 0 Å². The Balaban J connectivity index is 0. The Morgan fingerprint density at radius 1 is 1.09 bits per heavy atom. The number of hydrogen-bond donors (Lipinski definition) is 0. The molecule has 0 radical (unpaired) electrons. The van der Waals surface area contributed by atoms with Gasteiger partial charge >= 0.3 is 30.3 Å². The summed E-state index contributed by atoms with van der Waals surface area (Å²) in [5, 5.41) is -5.65. The van der Waals surface area contributed by atoms with Crippen molar-refractivity contribution in [1.29, 1.82) is 0 Å². The van der Waals surface area contributed by atoms with Crippen LogP contribution in [0.25, 0.3) is 0 Å². The van der Waals surface area contributed by atoms with Gasteiger partial charge in [-0.1, -0.05) is 0 Å². The van der Waals surface area contributed by atoms with E-state index in [1.807, 2.05) is 0 Å². The fourth-order valence-electron chi connectivity index (χ4n) is 0.0945. The van der Waals surface area contributed by atoms with Crippen LogP contribution in [0, 0.1) is 0 Å². The Labute approximate surface area is 72.6 Å². The molecule has 0 spiro atoms. The van der Waals surface area contributed by atoms with E-state index in [2.05, 4.69) is 0 Å². The fourth-order valence-corrected chi connectivity index (χ4v) is 0.283. The van der Waals surface area contributed by atoms with Gasteiger partial charge in [0.25, 0.3) is 0 Å². The molecule has 0 heterocycles. The van der Waals surface area contributed by atoms with Gasteiger partial charge in [0.05, 0.1) is 0 Å². The Hall–Kier alpha value is 0.357. The summed E-state index contributed by atoms with van der Waals surface area (Å²) in [5.41, 5.74) is 0. The molecule has 0 saturated heterocycles. The minimum absolute atomic E-state index is 0. The Bertz CT molecular complexity index is 155. The van der Waals surface area contributed by atoms with Gasteiger partial charge in [-0.2, -0.15) is 22.0 Å². The van der Waals surface area contributed by atoms with E-state index in [1.54, 1.807) is 0 Å². The average molecular weight is 190 g/mol. The van der Waals surface area contributed by atoms with Crippen molar-refractivity contribution < 1.29 is 49.6 Å². The third kappa shape index (κ3) is 3.07. The molecular weight excluding hydrogens is 190 g/mol. The van der Waals surface area contributed by atoms with Crippen LogP contribution in [0.15, 0.2) is 0 Å². The van der Waals surface area contributed by atoms with Gasteiger partial charge in [-0.25, -0.2) is 0 Å². The van der Waals surface area contributed by atoms with Crippen molar-refractivity contribution in [2.75, 3.05) is 0 Å². The zero-order valence-corrected chi connectivity index (χ0v) is 5.93. The molecule has 1 atom stereocenters. The van der Waals surface area contributed by atoms with Gasteiger partial charge in [-0.3, -0.25) is 4.21 Å². The van der Waals surface area contributed by atoms with Crippen molar-refractivity contribution in [2.45, 2.75) is 11.4 Å². The molecule has 0 saturated carbocycles. The third-order valence-electron chi connectivity index (χ3n) is 0.539. The number of alkyl halides is 5. The van der Waals surface area contributed by atoms with Crippen molar-refractivity contribution in [3.05, 3.63) is 0 Å². The van der Waals surface area contributed by atoms with E-state index >= 15 is 0 Å². The van der Waals surface area contributed by atoms with Crippen molar-refractivity contribution in [2.24, 2.45) is 0 Å². The summed E-state index contributed by atoms with van der Waals surface area (Å²) in [6, 6.07) is 0. The number of hydrogen-bond acceptors (Lipinski definition) is 2. The van der Waals surface area contributed by atoms with E-state index < -0.39 is 22.5 Å². The second-order valence-corrected chi connectivity index (χ2v) is 2.23. The zero-order valence-electron chi connectivity index (χ0n) is 5.11. The molecule has 1 unspecified atom stereocenters. The Morgan fingerprint density at radius 3 is 1.36 bits per heavy atom. The molecule has 0 aromatic heterocycles. The van der Waals surface area contributed by atoms with Crippen molar-refractivity contribution in [3.8, 4) is 0 Å². The molecule has 0 N–H and O–H groups in total. The maximum atomic E-state index is 11.3. The molecule has 0 amide bonds. The molecule has 0 rings (SSSR count). The molecule has 0 aliphatic carbocycles. The molecule has 9 heteroatoms. The molecule has 0 aromatic carbocycles. The first-order valence-electron chi connectivity index (χ1n) is 1.73. The van der Waals surface area contributed by atoms with E-state index in [0.717, 1.165) is 0 Å². The average Bonchev–Trinajstić information content (AvgIpc) is 1.62. The third-order valence-corrected chi connectivity index (χ3v) is 1.19. The largest absolute Gasteiger partial charge is 1.00 e. The van der Waals surface area contributed by atoms with Gasteiger partial charge in [0, 0.05) is 11.1 Å². The first-order valence-corrected chi connectivity index (χ1v) is 2.81. The van der Waals surface area contributed by atoms with Crippen LogP contribution in [0.2, 0.25) is 0 Å². The zero-order chi connectivity index (χ0) is 8.58. The summed E-state index contributed by atoms with van der Waals surface area (Å²) in [6.07, 6.45) is -6.03. The van der Waals surface area contributed by atoms with E-state index in [9.17, 15) is 30.7 Å². The van der Waals surface area contributed by atoms with Crippen LogP contribution in [0.5, 0.6) is 0 Å². The predicted octanol–water partition coefficient (Wildman–Crippen LogP) is -1.98. The number of rotatable bonds is 1. The molecule has 11 heavy (non-hydrogen) atoms. The summed E-state index contributed by atoms with van der Waals surface area (Å²) in [7, 11) is 0. The maximum Gasteiger partial charge on any atom is 1.00 e. The molecule has 0 aliphatic heterocycles. The predicted molar refractivity (Wildman–Crippen MR) is 19.9 cm³/mol. The topological polar surface area (TPSA) is 40.1 Å².